The Morgan fingerprint density at radius 2 is 2.17 bits per heavy atom. The summed E-state index contributed by atoms with van der Waals surface area (Å²) in [5.74, 6) is 0.638. The van der Waals surface area contributed by atoms with Crippen molar-refractivity contribution >= 4 is 17.7 Å². The number of rotatable bonds is 0. The number of nitriles is 1. The van der Waals surface area contributed by atoms with E-state index < -0.39 is 5.60 Å². The van der Waals surface area contributed by atoms with E-state index in [0.717, 1.165) is 6.42 Å². The van der Waals surface area contributed by atoms with Gasteiger partial charge in [-0.25, -0.2) is 4.79 Å². The van der Waals surface area contributed by atoms with Crippen molar-refractivity contribution in [1.29, 1.82) is 5.26 Å². The zero-order valence-electron chi connectivity index (χ0n) is 13.9. The molecule has 1 aliphatic carbocycles. The van der Waals surface area contributed by atoms with Gasteiger partial charge in [0.15, 0.2) is 0 Å². The maximum absolute atomic E-state index is 12.0. The third kappa shape index (κ3) is 5.99. The average Bonchev–Trinajstić information content (AvgIpc) is 3.12. The van der Waals surface area contributed by atoms with Crippen LogP contribution in [0.1, 0.15) is 27.2 Å². The number of benzene rings is 1. The van der Waals surface area contributed by atoms with Crippen molar-refractivity contribution in [3.05, 3.63) is 35.1 Å². The molecule has 2 fully saturated rings. The molecule has 1 aromatic carbocycles. The fourth-order valence-electron chi connectivity index (χ4n) is 2.53. The first-order chi connectivity index (χ1) is 10.7. The average molecular weight is 427 g/mol. The quantitative estimate of drug-likeness (QED) is 0.588. The molecule has 2 aliphatic rings. The number of hydrogen-bond acceptors (Lipinski definition) is 3. The van der Waals surface area contributed by atoms with E-state index in [1.807, 2.05) is 20.8 Å². The minimum Gasteiger partial charge on any atom is -0.444 e. The number of amides is 1. The largest absolute Gasteiger partial charge is 0.444 e. The van der Waals surface area contributed by atoms with Gasteiger partial charge in [-0.1, -0.05) is 5.02 Å². The van der Waals surface area contributed by atoms with Gasteiger partial charge >= 0.3 is 6.09 Å². The Balaban J connectivity index is 0.000000273. The van der Waals surface area contributed by atoms with Crippen LogP contribution >= 0.6 is 11.6 Å². The number of carbonyl (C=O) groups is 1. The van der Waals surface area contributed by atoms with Crippen molar-refractivity contribution in [3.8, 4) is 6.07 Å². The van der Waals surface area contributed by atoms with Gasteiger partial charge in [-0.3, -0.25) is 9.29 Å². The molecule has 1 amide bonds. The van der Waals surface area contributed by atoms with Crippen LogP contribution in [-0.2, 0) is 37.4 Å². The molecule has 3 atom stereocenters. The molecule has 0 bridgehead atoms. The molecule has 1 radical (unpaired) electrons. The molecule has 0 N–H and O–H groups in total. The normalized spacial score (nSPS) is 23.8. The second kappa shape index (κ2) is 8.60. The second-order valence-corrected chi connectivity index (χ2v) is 7.13. The van der Waals surface area contributed by atoms with Crippen molar-refractivity contribution < 1.29 is 46.6 Å². The molecule has 1 saturated heterocycles. The van der Waals surface area contributed by atoms with E-state index in [-0.39, 0.29) is 50.7 Å². The Labute approximate surface area is 172 Å². The molecule has 0 aromatic heterocycles. The second-order valence-electron chi connectivity index (χ2n) is 6.72. The van der Waals surface area contributed by atoms with E-state index in [0.29, 0.717) is 23.4 Å². The SMILES string of the molecule is CC(C)(C)OC(=O)N1CC2CC2C1C#N.Fc1c[c-]c(Cl)cc1.[Y]. The first kappa shape index (κ1) is 21.3. The van der Waals surface area contributed by atoms with Gasteiger partial charge in [-0.15, -0.1) is 29.8 Å². The number of carbonyl (C=O) groups excluding carboxylic acids is 1. The fourth-order valence-corrected chi connectivity index (χ4v) is 2.64. The van der Waals surface area contributed by atoms with Gasteiger partial charge < -0.3 is 4.74 Å². The zero-order valence-corrected chi connectivity index (χ0v) is 17.5. The fraction of sp³-hybridized carbons (Fsp3) is 0.529. The van der Waals surface area contributed by atoms with Crippen LogP contribution in [0.4, 0.5) is 9.18 Å². The van der Waals surface area contributed by atoms with Crippen LogP contribution in [0.2, 0.25) is 5.02 Å². The summed E-state index contributed by atoms with van der Waals surface area (Å²) in [5, 5.41) is 9.42. The summed E-state index contributed by atoms with van der Waals surface area (Å²) in [4.78, 5) is 13.3. The molecule has 24 heavy (non-hydrogen) atoms. The first-order valence-corrected chi connectivity index (χ1v) is 7.81. The number of nitrogens with zero attached hydrogens (tertiary/aromatic N) is 2. The predicted octanol–water partition coefficient (Wildman–Crippen LogP) is 4.04. The van der Waals surface area contributed by atoms with Crippen molar-refractivity contribution in [2.75, 3.05) is 6.54 Å². The molecule has 4 nitrogen and oxygen atoms in total. The van der Waals surface area contributed by atoms with E-state index in [4.69, 9.17) is 21.6 Å². The van der Waals surface area contributed by atoms with Gasteiger partial charge in [-0.05, 0) is 39.0 Å². The number of hydrogen-bond donors (Lipinski definition) is 0. The molecule has 0 spiro atoms. The Hall–Kier alpha value is -0.696. The van der Waals surface area contributed by atoms with Crippen LogP contribution in [0.3, 0.4) is 0 Å². The van der Waals surface area contributed by atoms with Gasteiger partial charge in [0.05, 0.1) is 6.07 Å². The standard InChI is InChI=1S/C11H16N2O2.C6H3ClF.Y/c1-11(2,3)15-10(14)13-6-7-4-8(7)9(13)5-12;7-5-1-3-6(8)4-2-5;/h7-9H,4,6H2,1-3H3;1,3-4H;/q;-1;. The van der Waals surface area contributed by atoms with Crippen LogP contribution < -0.4 is 0 Å². The first-order valence-electron chi connectivity index (χ1n) is 7.43. The smallest absolute Gasteiger partial charge is 0.411 e. The van der Waals surface area contributed by atoms with E-state index >= 15 is 0 Å². The molecule has 1 heterocycles. The summed E-state index contributed by atoms with van der Waals surface area (Å²) in [6.07, 6.45) is 0.749. The number of piperidine rings is 1. The van der Waals surface area contributed by atoms with Crippen molar-refractivity contribution in [2.24, 2.45) is 11.8 Å². The third-order valence-electron chi connectivity index (χ3n) is 3.65. The number of halogens is 2. The maximum Gasteiger partial charge on any atom is 0.411 e. The van der Waals surface area contributed by atoms with E-state index in [2.05, 4.69) is 12.1 Å². The van der Waals surface area contributed by atoms with Gasteiger partial charge in [0.2, 0.25) is 0 Å². The Kier molecular flexibility index (Phi) is 7.65. The molecule has 3 unspecified atom stereocenters. The number of fused-ring (bicyclic) bond motifs is 1. The summed E-state index contributed by atoms with van der Waals surface area (Å²) in [5.41, 5.74) is -0.482. The maximum atomic E-state index is 12.0. The van der Waals surface area contributed by atoms with Crippen LogP contribution in [0.5, 0.6) is 0 Å². The van der Waals surface area contributed by atoms with Crippen LogP contribution in [0, 0.1) is 35.1 Å². The van der Waals surface area contributed by atoms with E-state index in [1.54, 1.807) is 4.90 Å². The van der Waals surface area contributed by atoms with Gasteiger partial charge in [0, 0.05) is 45.1 Å². The Morgan fingerprint density at radius 3 is 2.62 bits per heavy atom. The summed E-state index contributed by atoms with van der Waals surface area (Å²) in [6, 6.07) is 8.37. The summed E-state index contributed by atoms with van der Waals surface area (Å²) in [6.45, 7) is 6.20. The Bertz CT molecular complexity index is 592. The van der Waals surface area contributed by atoms with Crippen molar-refractivity contribution in [3.63, 3.8) is 0 Å². The zero-order chi connectivity index (χ0) is 17.2. The van der Waals surface area contributed by atoms with Crippen molar-refractivity contribution in [2.45, 2.75) is 38.8 Å². The monoisotopic (exact) mass is 426 g/mol. The van der Waals surface area contributed by atoms with Gasteiger partial charge in [0.25, 0.3) is 0 Å². The predicted molar refractivity (Wildman–Crippen MR) is 84.2 cm³/mol. The third-order valence-corrected chi connectivity index (χ3v) is 3.88. The Morgan fingerprint density at radius 1 is 1.50 bits per heavy atom. The summed E-state index contributed by atoms with van der Waals surface area (Å²) < 4.78 is 17.3. The van der Waals surface area contributed by atoms with Crippen LogP contribution in [0.25, 0.3) is 0 Å². The van der Waals surface area contributed by atoms with Crippen LogP contribution in [-0.4, -0.2) is 29.2 Å². The molecule has 1 saturated carbocycles. The van der Waals surface area contributed by atoms with E-state index in [9.17, 15) is 9.18 Å². The molecule has 3 rings (SSSR count). The van der Waals surface area contributed by atoms with Gasteiger partial charge in [-0.2, -0.15) is 11.3 Å². The van der Waals surface area contributed by atoms with Gasteiger partial charge in [0.1, 0.15) is 11.6 Å². The summed E-state index contributed by atoms with van der Waals surface area (Å²) >= 11 is 5.39. The molecule has 127 valence electrons. The topological polar surface area (TPSA) is 53.3 Å². The summed E-state index contributed by atoms with van der Waals surface area (Å²) in [7, 11) is 0. The van der Waals surface area contributed by atoms with Crippen LogP contribution in [0.15, 0.2) is 18.2 Å². The minimum atomic E-state index is -0.482. The number of likely N-dealkylation sites (tertiary alicyclic amines) is 1. The minimum absolute atomic E-state index is 0. The van der Waals surface area contributed by atoms with Crippen molar-refractivity contribution in [1.82, 2.24) is 4.90 Å². The van der Waals surface area contributed by atoms with E-state index in [1.165, 1.54) is 18.2 Å². The molecule has 7 heteroatoms. The molecule has 1 aliphatic heterocycles. The molecule has 1 aromatic rings. The number of ether oxygens (including phenoxy) is 1. The molecular weight excluding hydrogens is 408 g/mol. The molecular formula is C17H19ClFN2O2Y-.